The molecule has 0 spiro atoms. The van der Waals surface area contributed by atoms with Crippen molar-refractivity contribution in [1.82, 2.24) is 25.0 Å². The second kappa shape index (κ2) is 8.11. The number of benzene rings is 1. The second-order valence-corrected chi connectivity index (χ2v) is 6.45. The van der Waals surface area contributed by atoms with Crippen LogP contribution in [-0.4, -0.2) is 44.9 Å². The summed E-state index contributed by atoms with van der Waals surface area (Å²) in [6, 6.07) is 9.94. The number of piperidine rings is 1. The van der Waals surface area contributed by atoms with Crippen LogP contribution in [0.15, 0.2) is 36.7 Å². The van der Waals surface area contributed by atoms with Crippen molar-refractivity contribution in [3.05, 3.63) is 48.0 Å². The Bertz CT molecular complexity index is 680. The van der Waals surface area contributed by atoms with Gasteiger partial charge in [-0.15, -0.1) is 10.2 Å². The Hall–Kier alpha value is -2.41. The highest BCUT2D eigenvalue weighted by Crippen LogP contribution is 2.17. The molecule has 7 heteroatoms. The number of likely N-dealkylation sites (tertiary alicyclic amines) is 1. The SMILES string of the molecule is C[C@@H](NC(=O)N1CCC(OCc2ccccc2)CC1)c1nncn1C. The van der Waals surface area contributed by atoms with Gasteiger partial charge in [-0.1, -0.05) is 30.3 Å². The van der Waals surface area contributed by atoms with Crippen LogP contribution in [0.3, 0.4) is 0 Å². The first-order valence-electron chi connectivity index (χ1n) is 8.68. The summed E-state index contributed by atoms with van der Waals surface area (Å²) >= 11 is 0. The zero-order valence-corrected chi connectivity index (χ0v) is 14.8. The van der Waals surface area contributed by atoms with E-state index < -0.39 is 0 Å². The molecule has 0 unspecified atom stereocenters. The van der Waals surface area contributed by atoms with Crippen molar-refractivity contribution < 1.29 is 9.53 Å². The van der Waals surface area contributed by atoms with Crippen LogP contribution in [0.1, 0.15) is 37.2 Å². The van der Waals surface area contributed by atoms with Crippen molar-refractivity contribution in [1.29, 1.82) is 0 Å². The first-order valence-corrected chi connectivity index (χ1v) is 8.68. The molecule has 7 nitrogen and oxygen atoms in total. The number of hydrogen-bond acceptors (Lipinski definition) is 4. The lowest BCUT2D eigenvalue weighted by Gasteiger charge is -2.32. The zero-order chi connectivity index (χ0) is 17.6. The summed E-state index contributed by atoms with van der Waals surface area (Å²) in [5.74, 6) is 0.745. The molecule has 25 heavy (non-hydrogen) atoms. The van der Waals surface area contributed by atoms with E-state index in [-0.39, 0.29) is 18.2 Å². The summed E-state index contributed by atoms with van der Waals surface area (Å²) in [7, 11) is 1.87. The molecule has 1 aliphatic heterocycles. The molecule has 1 N–H and O–H groups in total. The smallest absolute Gasteiger partial charge is 0.317 e. The molecule has 0 radical (unpaired) electrons. The van der Waals surface area contributed by atoms with E-state index in [1.807, 2.05) is 41.6 Å². The highest BCUT2D eigenvalue weighted by Gasteiger charge is 2.25. The minimum Gasteiger partial charge on any atom is -0.373 e. The molecule has 134 valence electrons. The van der Waals surface area contributed by atoms with Gasteiger partial charge in [0.15, 0.2) is 5.82 Å². The van der Waals surface area contributed by atoms with E-state index >= 15 is 0 Å². The zero-order valence-electron chi connectivity index (χ0n) is 14.8. The Morgan fingerprint density at radius 1 is 1.32 bits per heavy atom. The van der Waals surface area contributed by atoms with Crippen LogP contribution in [0.4, 0.5) is 4.79 Å². The predicted molar refractivity (Wildman–Crippen MR) is 93.8 cm³/mol. The average Bonchev–Trinajstić information content (AvgIpc) is 3.07. The van der Waals surface area contributed by atoms with Gasteiger partial charge in [-0.05, 0) is 25.3 Å². The third kappa shape index (κ3) is 4.57. The lowest BCUT2D eigenvalue weighted by atomic mass is 10.1. The monoisotopic (exact) mass is 343 g/mol. The van der Waals surface area contributed by atoms with E-state index in [2.05, 4.69) is 27.6 Å². The molecule has 1 aromatic carbocycles. The van der Waals surface area contributed by atoms with Crippen LogP contribution in [0.2, 0.25) is 0 Å². The molecule has 1 atom stereocenters. The molecular weight excluding hydrogens is 318 g/mol. The lowest BCUT2D eigenvalue weighted by Crippen LogP contribution is -2.46. The number of aromatic nitrogens is 3. The number of nitrogens with zero attached hydrogens (tertiary/aromatic N) is 4. The van der Waals surface area contributed by atoms with Gasteiger partial charge in [0.25, 0.3) is 0 Å². The molecule has 0 saturated carbocycles. The number of urea groups is 1. The summed E-state index contributed by atoms with van der Waals surface area (Å²) < 4.78 is 7.79. The maximum Gasteiger partial charge on any atom is 0.317 e. The summed E-state index contributed by atoms with van der Waals surface area (Å²) in [5, 5.41) is 10.9. The van der Waals surface area contributed by atoms with Crippen molar-refractivity contribution in [2.24, 2.45) is 7.05 Å². The maximum absolute atomic E-state index is 12.4. The fourth-order valence-electron chi connectivity index (χ4n) is 3.04. The fourth-order valence-corrected chi connectivity index (χ4v) is 3.04. The first kappa shape index (κ1) is 17.4. The molecule has 2 heterocycles. The van der Waals surface area contributed by atoms with E-state index in [4.69, 9.17) is 4.74 Å². The van der Waals surface area contributed by atoms with Gasteiger partial charge >= 0.3 is 6.03 Å². The van der Waals surface area contributed by atoms with Gasteiger partial charge in [-0.2, -0.15) is 0 Å². The number of hydrogen-bond donors (Lipinski definition) is 1. The Balaban J connectivity index is 1.42. The summed E-state index contributed by atoms with van der Waals surface area (Å²) in [6.07, 6.45) is 3.56. The number of nitrogens with one attached hydrogen (secondary N) is 1. The summed E-state index contributed by atoms with van der Waals surface area (Å²) in [6.45, 7) is 3.95. The van der Waals surface area contributed by atoms with Gasteiger partial charge in [0.2, 0.25) is 0 Å². The largest absolute Gasteiger partial charge is 0.373 e. The number of carbonyl (C=O) groups excluding carboxylic acids is 1. The molecule has 0 aliphatic carbocycles. The Morgan fingerprint density at radius 3 is 2.68 bits per heavy atom. The van der Waals surface area contributed by atoms with Gasteiger partial charge in [0.05, 0.1) is 18.8 Å². The molecule has 2 amide bonds. The van der Waals surface area contributed by atoms with Gasteiger partial charge in [-0.25, -0.2) is 4.79 Å². The van der Waals surface area contributed by atoms with Gasteiger partial charge in [0.1, 0.15) is 6.33 Å². The Morgan fingerprint density at radius 2 is 2.04 bits per heavy atom. The minimum absolute atomic E-state index is 0.0583. The van der Waals surface area contributed by atoms with Gasteiger partial charge in [-0.3, -0.25) is 0 Å². The molecule has 1 aliphatic rings. The third-order valence-electron chi connectivity index (χ3n) is 4.53. The molecule has 1 aromatic heterocycles. The third-order valence-corrected chi connectivity index (χ3v) is 4.53. The summed E-state index contributed by atoms with van der Waals surface area (Å²) in [4.78, 5) is 14.3. The fraction of sp³-hybridized carbons (Fsp3) is 0.500. The van der Waals surface area contributed by atoms with E-state index in [0.29, 0.717) is 19.7 Å². The van der Waals surface area contributed by atoms with E-state index in [1.165, 1.54) is 5.56 Å². The molecule has 1 saturated heterocycles. The highest BCUT2D eigenvalue weighted by atomic mass is 16.5. The summed E-state index contributed by atoms with van der Waals surface area (Å²) in [5.41, 5.74) is 1.18. The van der Waals surface area contributed by atoms with Gasteiger partial charge in [0, 0.05) is 20.1 Å². The minimum atomic E-state index is -0.174. The second-order valence-electron chi connectivity index (χ2n) is 6.45. The van der Waals surface area contributed by atoms with E-state index in [9.17, 15) is 4.79 Å². The standard InChI is InChI=1S/C18H25N5O2/c1-14(17-21-19-13-22(17)2)20-18(24)23-10-8-16(9-11-23)25-12-15-6-4-3-5-7-15/h3-7,13-14,16H,8-12H2,1-2H3,(H,20,24)/t14-/m1/s1. The van der Waals surface area contributed by atoms with Crippen LogP contribution in [-0.2, 0) is 18.4 Å². The van der Waals surface area contributed by atoms with Gasteiger partial charge < -0.3 is 19.5 Å². The molecule has 2 aromatic rings. The predicted octanol–water partition coefficient (Wildman–Crippen LogP) is 2.27. The van der Waals surface area contributed by atoms with Crippen molar-refractivity contribution in [3.63, 3.8) is 0 Å². The maximum atomic E-state index is 12.4. The Labute approximate surface area is 148 Å². The van der Waals surface area contributed by atoms with Crippen LogP contribution >= 0.6 is 0 Å². The number of carbonyl (C=O) groups is 1. The van der Waals surface area contributed by atoms with Crippen LogP contribution in [0, 0.1) is 0 Å². The average molecular weight is 343 g/mol. The lowest BCUT2D eigenvalue weighted by molar-refractivity contribution is 0.00430. The number of aryl methyl sites for hydroxylation is 1. The molecule has 3 rings (SSSR count). The quantitative estimate of drug-likeness (QED) is 0.904. The molecule has 1 fully saturated rings. The number of ether oxygens (including phenoxy) is 1. The van der Waals surface area contributed by atoms with E-state index in [0.717, 1.165) is 18.7 Å². The van der Waals surface area contributed by atoms with Crippen LogP contribution in [0.25, 0.3) is 0 Å². The van der Waals surface area contributed by atoms with E-state index in [1.54, 1.807) is 6.33 Å². The van der Waals surface area contributed by atoms with Crippen molar-refractivity contribution >= 4 is 6.03 Å². The van der Waals surface area contributed by atoms with Crippen LogP contribution in [0.5, 0.6) is 0 Å². The normalized spacial score (nSPS) is 16.6. The Kier molecular flexibility index (Phi) is 5.65. The number of rotatable bonds is 5. The molecule has 0 bridgehead atoms. The van der Waals surface area contributed by atoms with Crippen molar-refractivity contribution in [2.75, 3.05) is 13.1 Å². The first-order chi connectivity index (χ1) is 12.1. The highest BCUT2D eigenvalue weighted by molar-refractivity contribution is 5.74. The topological polar surface area (TPSA) is 72.3 Å². The van der Waals surface area contributed by atoms with Crippen molar-refractivity contribution in [3.8, 4) is 0 Å². The number of amides is 2. The molecular formula is C18H25N5O2. The van der Waals surface area contributed by atoms with Crippen molar-refractivity contribution in [2.45, 2.75) is 38.5 Å². The van der Waals surface area contributed by atoms with Crippen LogP contribution < -0.4 is 5.32 Å².